The van der Waals surface area contributed by atoms with Crippen LogP contribution in [0.5, 0.6) is 0 Å². The maximum atomic E-state index is 9.39. The molecule has 1 unspecified atom stereocenters. The molecule has 2 aromatic heterocycles. The molecule has 1 N–H and O–H groups in total. The van der Waals surface area contributed by atoms with Crippen LogP contribution in [-0.4, -0.2) is 34.4 Å². The van der Waals surface area contributed by atoms with Crippen molar-refractivity contribution in [1.82, 2.24) is 9.55 Å². The molecule has 1 fully saturated rings. The number of aliphatic hydroxyl groups is 1. The van der Waals surface area contributed by atoms with E-state index in [9.17, 15) is 5.11 Å². The number of anilines is 1. The van der Waals surface area contributed by atoms with Gasteiger partial charge in [-0.15, -0.1) is 0 Å². The standard InChI is InChI=1S/C23H27Cl2N3O/c1-14-11-21(27-9-4-5-17(13-27)8-10-29)22-15(2)16(3)28(23(22)26-14)20-7-6-18(24)12-19(20)25/h6-7,11-12,17,29H,4-5,8-10,13H2,1-3H3. The van der Waals surface area contributed by atoms with Crippen molar-refractivity contribution >= 4 is 39.9 Å². The highest BCUT2D eigenvalue weighted by Gasteiger charge is 2.25. The second-order valence-electron chi connectivity index (χ2n) is 8.09. The molecule has 29 heavy (non-hydrogen) atoms. The first-order valence-corrected chi connectivity index (χ1v) is 11.0. The molecule has 1 atom stereocenters. The Hall–Kier alpha value is -1.75. The summed E-state index contributed by atoms with van der Waals surface area (Å²) in [6.07, 6.45) is 3.20. The molecule has 0 amide bonds. The van der Waals surface area contributed by atoms with Crippen molar-refractivity contribution in [3.8, 4) is 5.69 Å². The molecule has 1 aliphatic heterocycles. The van der Waals surface area contributed by atoms with Gasteiger partial charge in [0.1, 0.15) is 5.65 Å². The number of benzene rings is 1. The van der Waals surface area contributed by atoms with Gasteiger partial charge in [-0.25, -0.2) is 4.98 Å². The van der Waals surface area contributed by atoms with Crippen LogP contribution in [0.2, 0.25) is 10.0 Å². The molecular formula is C23H27Cl2N3O. The van der Waals surface area contributed by atoms with Gasteiger partial charge in [-0.3, -0.25) is 4.57 Å². The average molecular weight is 432 g/mol. The number of fused-ring (bicyclic) bond motifs is 1. The first-order chi connectivity index (χ1) is 13.9. The van der Waals surface area contributed by atoms with E-state index >= 15 is 0 Å². The van der Waals surface area contributed by atoms with E-state index in [0.29, 0.717) is 16.0 Å². The van der Waals surface area contributed by atoms with Gasteiger partial charge in [0.05, 0.1) is 10.7 Å². The number of aromatic nitrogens is 2. The van der Waals surface area contributed by atoms with Crippen LogP contribution in [-0.2, 0) is 0 Å². The van der Waals surface area contributed by atoms with Crippen molar-refractivity contribution in [2.75, 3.05) is 24.6 Å². The normalized spacial score (nSPS) is 17.3. The molecule has 0 bridgehead atoms. The molecule has 1 aliphatic rings. The molecule has 0 saturated carbocycles. The summed E-state index contributed by atoms with van der Waals surface area (Å²) in [7, 11) is 0. The van der Waals surface area contributed by atoms with Gasteiger partial charge < -0.3 is 10.0 Å². The minimum Gasteiger partial charge on any atom is -0.396 e. The maximum absolute atomic E-state index is 9.39. The molecule has 6 heteroatoms. The Morgan fingerprint density at radius 3 is 2.66 bits per heavy atom. The van der Waals surface area contributed by atoms with E-state index in [2.05, 4.69) is 29.4 Å². The van der Waals surface area contributed by atoms with Crippen LogP contribution in [0.3, 0.4) is 0 Å². The molecular weight excluding hydrogens is 405 g/mol. The monoisotopic (exact) mass is 431 g/mol. The van der Waals surface area contributed by atoms with Gasteiger partial charge in [-0.05, 0) is 75.8 Å². The van der Waals surface area contributed by atoms with E-state index in [-0.39, 0.29) is 6.61 Å². The fraction of sp³-hybridized carbons (Fsp3) is 0.435. The quantitative estimate of drug-likeness (QED) is 0.562. The average Bonchev–Trinajstić information content (AvgIpc) is 2.92. The lowest BCUT2D eigenvalue weighted by molar-refractivity contribution is 0.244. The third kappa shape index (κ3) is 3.74. The Bertz CT molecular complexity index is 1060. The van der Waals surface area contributed by atoms with Crippen molar-refractivity contribution in [3.05, 3.63) is 51.3 Å². The van der Waals surface area contributed by atoms with E-state index in [1.807, 2.05) is 19.1 Å². The zero-order valence-corrected chi connectivity index (χ0v) is 18.7. The van der Waals surface area contributed by atoms with Gasteiger partial charge in [0.15, 0.2) is 0 Å². The lowest BCUT2D eigenvalue weighted by Crippen LogP contribution is -2.36. The Balaban J connectivity index is 1.90. The Morgan fingerprint density at radius 1 is 1.14 bits per heavy atom. The summed E-state index contributed by atoms with van der Waals surface area (Å²) in [4.78, 5) is 7.39. The van der Waals surface area contributed by atoms with Gasteiger partial charge in [-0.1, -0.05) is 23.2 Å². The smallest absolute Gasteiger partial charge is 0.147 e. The number of rotatable bonds is 4. The number of aryl methyl sites for hydroxylation is 2. The topological polar surface area (TPSA) is 41.3 Å². The number of nitrogens with zero attached hydrogens (tertiary/aromatic N) is 3. The minimum absolute atomic E-state index is 0.257. The maximum Gasteiger partial charge on any atom is 0.147 e. The van der Waals surface area contributed by atoms with Crippen molar-refractivity contribution < 1.29 is 5.11 Å². The third-order valence-electron chi connectivity index (χ3n) is 6.12. The molecule has 3 heterocycles. The zero-order valence-electron chi connectivity index (χ0n) is 17.2. The number of pyridine rings is 1. The fourth-order valence-electron chi connectivity index (χ4n) is 4.58. The number of piperidine rings is 1. The summed E-state index contributed by atoms with van der Waals surface area (Å²) in [6, 6.07) is 7.80. The lowest BCUT2D eigenvalue weighted by Gasteiger charge is -2.35. The van der Waals surface area contributed by atoms with Crippen molar-refractivity contribution in [2.45, 2.75) is 40.0 Å². The lowest BCUT2D eigenvalue weighted by atomic mass is 9.94. The summed E-state index contributed by atoms with van der Waals surface area (Å²) in [6.45, 7) is 8.59. The number of hydrogen-bond acceptors (Lipinski definition) is 3. The first kappa shape index (κ1) is 20.5. The highest BCUT2D eigenvalue weighted by Crippen LogP contribution is 2.38. The van der Waals surface area contributed by atoms with Gasteiger partial charge in [0.25, 0.3) is 0 Å². The largest absolute Gasteiger partial charge is 0.396 e. The molecule has 0 radical (unpaired) electrons. The summed E-state index contributed by atoms with van der Waals surface area (Å²) >= 11 is 12.7. The molecule has 0 aliphatic carbocycles. The molecule has 154 valence electrons. The molecule has 3 aromatic rings. The number of aliphatic hydroxyl groups excluding tert-OH is 1. The SMILES string of the molecule is Cc1cc(N2CCCC(CCO)C2)c2c(C)c(C)n(-c3ccc(Cl)cc3Cl)c2n1. The van der Waals surface area contributed by atoms with Crippen LogP contribution in [0.25, 0.3) is 16.7 Å². The predicted octanol–water partition coefficient (Wildman–Crippen LogP) is 5.86. The van der Waals surface area contributed by atoms with Crippen LogP contribution >= 0.6 is 23.2 Å². The third-order valence-corrected chi connectivity index (χ3v) is 6.66. The summed E-state index contributed by atoms with van der Waals surface area (Å²) < 4.78 is 2.15. The van der Waals surface area contributed by atoms with Gasteiger partial charge in [0.2, 0.25) is 0 Å². The summed E-state index contributed by atoms with van der Waals surface area (Å²) in [5, 5.41) is 11.8. The molecule has 4 rings (SSSR count). The van der Waals surface area contributed by atoms with E-state index in [4.69, 9.17) is 28.2 Å². The molecule has 0 spiro atoms. The second kappa shape index (κ2) is 8.17. The summed E-state index contributed by atoms with van der Waals surface area (Å²) in [5.74, 6) is 0.534. The fourth-order valence-corrected chi connectivity index (χ4v) is 5.07. The van der Waals surface area contributed by atoms with Gasteiger partial charge >= 0.3 is 0 Å². The van der Waals surface area contributed by atoms with Crippen LogP contribution in [0.1, 0.15) is 36.2 Å². The highest BCUT2D eigenvalue weighted by molar-refractivity contribution is 6.35. The highest BCUT2D eigenvalue weighted by atomic mass is 35.5. The predicted molar refractivity (Wildman–Crippen MR) is 122 cm³/mol. The van der Waals surface area contributed by atoms with E-state index in [0.717, 1.165) is 48.7 Å². The molecule has 1 saturated heterocycles. The second-order valence-corrected chi connectivity index (χ2v) is 8.93. The Kier molecular flexibility index (Phi) is 5.78. The number of hydrogen-bond donors (Lipinski definition) is 1. The van der Waals surface area contributed by atoms with Gasteiger partial charge in [-0.2, -0.15) is 0 Å². The minimum atomic E-state index is 0.257. The van der Waals surface area contributed by atoms with Crippen LogP contribution in [0, 0.1) is 26.7 Å². The van der Waals surface area contributed by atoms with Gasteiger partial charge in [0, 0.05) is 47.2 Å². The van der Waals surface area contributed by atoms with E-state index in [1.54, 1.807) is 6.07 Å². The Labute approximate surface area is 182 Å². The zero-order chi connectivity index (χ0) is 20.7. The van der Waals surface area contributed by atoms with E-state index < -0.39 is 0 Å². The summed E-state index contributed by atoms with van der Waals surface area (Å²) in [5.41, 5.74) is 6.40. The van der Waals surface area contributed by atoms with Crippen molar-refractivity contribution in [3.63, 3.8) is 0 Å². The number of halogens is 2. The van der Waals surface area contributed by atoms with Crippen LogP contribution in [0.4, 0.5) is 5.69 Å². The Morgan fingerprint density at radius 2 is 1.93 bits per heavy atom. The van der Waals surface area contributed by atoms with Crippen molar-refractivity contribution in [1.29, 1.82) is 0 Å². The molecule has 1 aromatic carbocycles. The van der Waals surface area contributed by atoms with Crippen LogP contribution in [0.15, 0.2) is 24.3 Å². The first-order valence-electron chi connectivity index (χ1n) is 10.2. The van der Waals surface area contributed by atoms with Crippen LogP contribution < -0.4 is 4.90 Å². The molecule has 4 nitrogen and oxygen atoms in total. The van der Waals surface area contributed by atoms with E-state index in [1.165, 1.54) is 23.1 Å². The van der Waals surface area contributed by atoms with Crippen molar-refractivity contribution in [2.24, 2.45) is 5.92 Å².